The van der Waals surface area contributed by atoms with E-state index in [0.717, 1.165) is 6.54 Å². The molecule has 104 valence electrons. The lowest BCUT2D eigenvalue weighted by Crippen LogP contribution is -2.49. The average Bonchev–Trinajstić information content (AvgIpc) is 2.27. The summed E-state index contributed by atoms with van der Waals surface area (Å²) in [5.41, 5.74) is 0. The van der Waals surface area contributed by atoms with Crippen LogP contribution >= 0.6 is 0 Å². The topological polar surface area (TPSA) is 72.9 Å². The van der Waals surface area contributed by atoms with E-state index in [0.29, 0.717) is 25.9 Å². The summed E-state index contributed by atoms with van der Waals surface area (Å²) in [5, 5.41) is 11.8. The Kier molecular flexibility index (Phi) is 5.40. The standard InChI is InChI=1S/C12H23N3O3/c1-9(8-14(2)3)13-12(18)15-6-4-10(5-7-15)11(16)17/h9-10H,4-8H2,1-3H3,(H,13,18)(H,16,17). The van der Waals surface area contributed by atoms with Gasteiger partial charge in [-0.1, -0.05) is 0 Å². The molecule has 0 bridgehead atoms. The molecule has 1 saturated heterocycles. The van der Waals surface area contributed by atoms with Crippen LogP contribution in [0.15, 0.2) is 0 Å². The zero-order chi connectivity index (χ0) is 13.7. The molecule has 6 heteroatoms. The van der Waals surface area contributed by atoms with Crippen molar-refractivity contribution in [2.75, 3.05) is 33.7 Å². The highest BCUT2D eigenvalue weighted by molar-refractivity contribution is 5.75. The first-order valence-electron chi connectivity index (χ1n) is 6.33. The second-order valence-electron chi connectivity index (χ2n) is 5.21. The predicted octanol–water partition coefficient (Wildman–Crippen LogP) is 0.443. The normalized spacial score (nSPS) is 18.8. The summed E-state index contributed by atoms with van der Waals surface area (Å²) in [5.74, 6) is -1.05. The molecule has 0 saturated carbocycles. The molecule has 1 heterocycles. The molecule has 2 N–H and O–H groups in total. The van der Waals surface area contributed by atoms with E-state index in [-0.39, 0.29) is 18.0 Å². The minimum absolute atomic E-state index is 0.0877. The van der Waals surface area contributed by atoms with Crippen molar-refractivity contribution in [2.24, 2.45) is 5.92 Å². The third-order valence-corrected chi connectivity index (χ3v) is 3.14. The van der Waals surface area contributed by atoms with Gasteiger partial charge >= 0.3 is 12.0 Å². The highest BCUT2D eigenvalue weighted by atomic mass is 16.4. The van der Waals surface area contributed by atoms with Crippen molar-refractivity contribution in [1.82, 2.24) is 15.1 Å². The lowest BCUT2D eigenvalue weighted by Gasteiger charge is -2.31. The van der Waals surface area contributed by atoms with Gasteiger partial charge in [-0.3, -0.25) is 4.79 Å². The van der Waals surface area contributed by atoms with E-state index in [2.05, 4.69) is 5.32 Å². The van der Waals surface area contributed by atoms with Crippen LogP contribution in [-0.2, 0) is 4.79 Å². The van der Waals surface area contributed by atoms with Crippen molar-refractivity contribution in [3.8, 4) is 0 Å². The zero-order valence-corrected chi connectivity index (χ0v) is 11.3. The summed E-state index contributed by atoms with van der Waals surface area (Å²) in [6.45, 7) is 3.80. The van der Waals surface area contributed by atoms with Crippen LogP contribution in [0.4, 0.5) is 4.79 Å². The largest absolute Gasteiger partial charge is 0.481 e. The van der Waals surface area contributed by atoms with Gasteiger partial charge in [-0.2, -0.15) is 0 Å². The Morgan fingerprint density at radius 2 is 1.94 bits per heavy atom. The number of hydrogen-bond donors (Lipinski definition) is 2. The molecule has 1 aliphatic heterocycles. The minimum atomic E-state index is -0.754. The fourth-order valence-electron chi connectivity index (χ4n) is 2.22. The molecule has 1 fully saturated rings. The quantitative estimate of drug-likeness (QED) is 0.766. The smallest absolute Gasteiger partial charge is 0.317 e. The molecule has 1 aliphatic rings. The monoisotopic (exact) mass is 257 g/mol. The molecule has 6 nitrogen and oxygen atoms in total. The highest BCUT2D eigenvalue weighted by Gasteiger charge is 2.27. The maximum Gasteiger partial charge on any atom is 0.317 e. The van der Waals surface area contributed by atoms with Gasteiger partial charge < -0.3 is 20.2 Å². The van der Waals surface area contributed by atoms with E-state index in [9.17, 15) is 9.59 Å². The van der Waals surface area contributed by atoms with Crippen LogP contribution in [-0.4, -0.2) is 66.7 Å². The van der Waals surface area contributed by atoms with Gasteiger partial charge in [0.2, 0.25) is 0 Å². The predicted molar refractivity (Wildman–Crippen MR) is 68.5 cm³/mol. The van der Waals surface area contributed by atoms with E-state index in [1.807, 2.05) is 25.9 Å². The van der Waals surface area contributed by atoms with Crippen LogP contribution in [0.3, 0.4) is 0 Å². The molecular weight excluding hydrogens is 234 g/mol. The second kappa shape index (κ2) is 6.58. The first-order chi connectivity index (χ1) is 8.40. The van der Waals surface area contributed by atoms with Crippen molar-refractivity contribution in [3.63, 3.8) is 0 Å². The molecule has 0 aromatic heterocycles. The van der Waals surface area contributed by atoms with E-state index >= 15 is 0 Å². The van der Waals surface area contributed by atoms with E-state index in [1.165, 1.54) is 0 Å². The number of nitrogens with one attached hydrogen (secondary N) is 1. The summed E-state index contributed by atoms with van der Waals surface area (Å²) < 4.78 is 0. The van der Waals surface area contributed by atoms with Gasteiger partial charge in [0, 0.05) is 25.7 Å². The second-order valence-corrected chi connectivity index (χ2v) is 5.21. The summed E-state index contributed by atoms with van der Waals surface area (Å²) >= 11 is 0. The number of likely N-dealkylation sites (N-methyl/N-ethyl adjacent to an activating group) is 1. The fraction of sp³-hybridized carbons (Fsp3) is 0.833. The Labute approximate surface area is 108 Å². The molecule has 0 radical (unpaired) electrons. The summed E-state index contributed by atoms with van der Waals surface area (Å²) in [6, 6.07) is -0.00196. The van der Waals surface area contributed by atoms with Crippen LogP contribution in [0, 0.1) is 5.92 Å². The summed E-state index contributed by atoms with van der Waals surface area (Å²) in [4.78, 5) is 26.4. The maximum absolute atomic E-state index is 11.9. The number of likely N-dealkylation sites (tertiary alicyclic amines) is 1. The Morgan fingerprint density at radius 3 is 2.39 bits per heavy atom. The molecule has 1 atom stereocenters. The minimum Gasteiger partial charge on any atom is -0.481 e. The number of hydrogen-bond acceptors (Lipinski definition) is 3. The van der Waals surface area contributed by atoms with Crippen LogP contribution in [0.2, 0.25) is 0 Å². The molecule has 18 heavy (non-hydrogen) atoms. The Morgan fingerprint density at radius 1 is 1.39 bits per heavy atom. The van der Waals surface area contributed by atoms with Crippen molar-refractivity contribution in [3.05, 3.63) is 0 Å². The molecule has 1 unspecified atom stereocenters. The Hall–Kier alpha value is -1.30. The first kappa shape index (κ1) is 14.8. The number of nitrogens with zero attached hydrogens (tertiary/aromatic N) is 2. The van der Waals surface area contributed by atoms with Crippen LogP contribution in [0.1, 0.15) is 19.8 Å². The molecule has 2 amide bonds. The van der Waals surface area contributed by atoms with E-state index in [1.54, 1.807) is 4.90 Å². The van der Waals surface area contributed by atoms with Gasteiger partial charge in [0.05, 0.1) is 5.92 Å². The lowest BCUT2D eigenvalue weighted by atomic mass is 9.97. The number of carboxylic acids is 1. The number of carbonyl (C=O) groups excluding carboxylic acids is 1. The molecule has 1 rings (SSSR count). The number of carbonyl (C=O) groups is 2. The lowest BCUT2D eigenvalue weighted by molar-refractivity contribution is -0.143. The zero-order valence-electron chi connectivity index (χ0n) is 11.3. The molecule has 0 aliphatic carbocycles. The molecule has 0 spiro atoms. The van der Waals surface area contributed by atoms with E-state index in [4.69, 9.17) is 5.11 Å². The molecule has 0 aromatic carbocycles. The Bertz CT molecular complexity index is 299. The van der Waals surface area contributed by atoms with Gasteiger partial charge in [0.25, 0.3) is 0 Å². The van der Waals surface area contributed by atoms with Crippen molar-refractivity contribution < 1.29 is 14.7 Å². The number of urea groups is 1. The third kappa shape index (κ3) is 4.52. The number of amides is 2. The number of carboxylic acid groups (broad SMARTS) is 1. The number of rotatable bonds is 4. The number of piperidine rings is 1. The van der Waals surface area contributed by atoms with Crippen LogP contribution in [0.25, 0.3) is 0 Å². The number of aliphatic carboxylic acids is 1. The SMILES string of the molecule is CC(CN(C)C)NC(=O)N1CCC(C(=O)O)CC1. The van der Waals surface area contributed by atoms with Gasteiger partial charge in [0.1, 0.15) is 0 Å². The van der Waals surface area contributed by atoms with Gasteiger partial charge in [-0.25, -0.2) is 4.79 Å². The first-order valence-corrected chi connectivity index (χ1v) is 6.33. The maximum atomic E-state index is 11.9. The summed E-state index contributed by atoms with van der Waals surface area (Å²) in [6.07, 6.45) is 1.09. The van der Waals surface area contributed by atoms with E-state index < -0.39 is 5.97 Å². The van der Waals surface area contributed by atoms with Crippen molar-refractivity contribution in [1.29, 1.82) is 0 Å². The van der Waals surface area contributed by atoms with Crippen LogP contribution in [0.5, 0.6) is 0 Å². The molecule has 0 aromatic rings. The Balaban J connectivity index is 2.34. The van der Waals surface area contributed by atoms with Gasteiger partial charge in [0.15, 0.2) is 0 Å². The van der Waals surface area contributed by atoms with Crippen molar-refractivity contribution in [2.45, 2.75) is 25.8 Å². The third-order valence-electron chi connectivity index (χ3n) is 3.14. The van der Waals surface area contributed by atoms with Crippen LogP contribution < -0.4 is 5.32 Å². The van der Waals surface area contributed by atoms with Gasteiger partial charge in [-0.15, -0.1) is 0 Å². The summed E-state index contributed by atoms with van der Waals surface area (Å²) in [7, 11) is 3.92. The molecular formula is C12H23N3O3. The fourth-order valence-corrected chi connectivity index (χ4v) is 2.22. The van der Waals surface area contributed by atoms with Gasteiger partial charge in [-0.05, 0) is 33.9 Å². The highest BCUT2D eigenvalue weighted by Crippen LogP contribution is 2.17. The average molecular weight is 257 g/mol. The van der Waals surface area contributed by atoms with Crippen molar-refractivity contribution >= 4 is 12.0 Å².